The molecule has 0 saturated heterocycles. The molecule has 1 aromatic carbocycles. The quantitative estimate of drug-likeness (QED) is 0.567. The number of Topliss-reactive ketones (excluding diaryl/α,β-unsaturated/α-hetero) is 1. The van der Waals surface area contributed by atoms with E-state index < -0.39 is 11.7 Å². The number of carbonyl (C=O) groups excluding carboxylic acids is 2. The molecule has 0 unspecified atom stereocenters. The van der Waals surface area contributed by atoms with Gasteiger partial charge in [-0.25, -0.2) is 4.39 Å². The van der Waals surface area contributed by atoms with Gasteiger partial charge < -0.3 is 17.2 Å². The summed E-state index contributed by atoms with van der Waals surface area (Å²) in [7, 11) is 0. The van der Waals surface area contributed by atoms with Crippen LogP contribution in [0.5, 0.6) is 0 Å². The highest BCUT2D eigenvalue weighted by Gasteiger charge is 2.35. The van der Waals surface area contributed by atoms with Crippen molar-refractivity contribution in [2.24, 2.45) is 21.9 Å². The van der Waals surface area contributed by atoms with Crippen LogP contribution in [0.25, 0.3) is 0 Å². The van der Waals surface area contributed by atoms with E-state index in [1.165, 1.54) is 6.07 Å². The van der Waals surface area contributed by atoms with Crippen molar-refractivity contribution in [3.63, 3.8) is 0 Å². The normalized spacial score (nSPS) is 21.0. The topological polar surface area (TPSA) is 125 Å². The number of nitrogen functional groups attached to an aromatic ring is 1. The molecule has 0 spiro atoms. The molecule has 0 aliphatic heterocycles. The molecule has 1 saturated carbocycles. The Labute approximate surface area is 139 Å². The first-order valence-electron chi connectivity index (χ1n) is 7.48. The van der Waals surface area contributed by atoms with Crippen LogP contribution in [0.3, 0.4) is 0 Å². The van der Waals surface area contributed by atoms with Gasteiger partial charge in [0.15, 0.2) is 5.78 Å². The number of hydrogen-bond acceptors (Lipinski definition) is 5. The van der Waals surface area contributed by atoms with Crippen LogP contribution in [-0.4, -0.2) is 17.4 Å². The van der Waals surface area contributed by atoms with Crippen molar-refractivity contribution < 1.29 is 14.0 Å². The fourth-order valence-electron chi connectivity index (χ4n) is 2.92. The molecule has 24 heavy (non-hydrogen) atoms. The average Bonchev–Trinajstić information content (AvgIpc) is 2.33. The van der Waals surface area contributed by atoms with Crippen LogP contribution in [0.2, 0.25) is 0 Å². The molecule has 0 bridgehead atoms. The van der Waals surface area contributed by atoms with Gasteiger partial charge in [0.25, 0.3) is 5.91 Å². The Morgan fingerprint density at radius 3 is 2.38 bits per heavy atom. The smallest absolute Gasteiger partial charge is 0.253 e. The fraction of sp³-hybridized carbons (Fsp3) is 0.353. The van der Waals surface area contributed by atoms with E-state index in [0.29, 0.717) is 29.8 Å². The highest BCUT2D eigenvalue weighted by Crippen LogP contribution is 2.36. The lowest BCUT2D eigenvalue weighted by atomic mass is 9.73. The Kier molecular flexibility index (Phi) is 4.46. The summed E-state index contributed by atoms with van der Waals surface area (Å²) in [6.45, 7) is 5.54. The number of allylic oxidation sites excluding steroid dienone is 2. The van der Waals surface area contributed by atoms with E-state index in [1.54, 1.807) is 6.92 Å². The van der Waals surface area contributed by atoms with Crippen molar-refractivity contribution in [1.29, 1.82) is 0 Å². The SMILES string of the molecule is C/C(N)=C1\C(=O)CC(C)(C)CC1=Nc1cc(N)c(C(N)=O)c(F)c1. The van der Waals surface area contributed by atoms with Crippen molar-refractivity contribution in [2.75, 3.05) is 5.73 Å². The monoisotopic (exact) mass is 332 g/mol. The third-order valence-electron chi connectivity index (χ3n) is 3.86. The van der Waals surface area contributed by atoms with E-state index in [9.17, 15) is 14.0 Å². The van der Waals surface area contributed by atoms with E-state index in [-0.39, 0.29) is 28.1 Å². The van der Waals surface area contributed by atoms with Crippen LogP contribution in [0.1, 0.15) is 44.0 Å². The number of hydrogen-bond donors (Lipinski definition) is 3. The number of aliphatic imine (C=N–C) groups is 1. The second kappa shape index (κ2) is 6.07. The fourth-order valence-corrected chi connectivity index (χ4v) is 2.92. The Morgan fingerprint density at radius 1 is 1.25 bits per heavy atom. The van der Waals surface area contributed by atoms with Gasteiger partial charge in [0.05, 0.1) is 22.5 Å². The number of anilines is 1. The van der Waals surface area contributed by atoms with Crippen LogP contribution in [0.4, 0.5) is 15.8 Å². The van der Waals surface area contributed by atoms with Crippen molar-refractivity contribution in [1.82, 2.24) is 0 Å². The molecule has 2 rings (SSSR count). The van der Waals surface area contributed by atoms with Gasteiger partial charge in [0.1, 0.15) is 5.82 Å². The number of rotatable bonds is 2. The van der Waals surface area contributed by atoms with Crippen LogP contribution < -0.4 is 17.2 Å². The van der Waals surface area contributed by atoms with Gasteiger partial charge >= 0.3 is 0 Å². The first-order chi connectivity index (χ1) is 11.0. The molecule has 7 heteroatoms. The molecular formula is C17H21FN4O2. The van der Waals surface area contributed by atoms with E-state index in [0.717, 1.165) is 6.07 Å². The Hall–Kier alpha value is -2.70. The lowest BCUT2D eigenvalue weighted by Gasteiger charge is -2.31. The van der Waals surface area contributed by atoms with Crippen molar-refractivity contribution in [3.8, 4) is 0 Å². The van der Waals surface area contributed by atoms with E-state index >= 15 is 0 Å². The molecule has 1 amide bonds. The maximum atomic E-state index is 14.0. The number of carbonyl (C=O) groups is 2. The first-order valence-corrected chi connectivity index (χ1v) is 7.48. The number of benzene rings is 1. The molecule has 0 heterocycles. The molecule has 1 aromatic rings. The minimum absolute atomic E-state index is 0.0906. The lowest BCUT2D eigenvalue weighted by molar-refractivity contribution is -0.117. The van der Waals surface area contributed by atoms with E-state index in [4.69, 9.17) is 17.2 Å². The van der Waals surface area contributed by atoms with E-state index in [2.05, 4.69) is 4.99 Å². The number of halogens is 1. The molecule has 0 aromatic heterocycles. The zero-order valence-corrected chi connectivity index (χ0v) is 13.9. The summed E-state index contributed by atoms with van der Waals surface area (Å²) >= 11 is 0. The maximum absolute atomic E-state index is 14.0. The molecule has 1 aliphatic carbocycles. The molecule has 128 valence electrons. The van der Waals surface area contributed by atoms with Gasteiger partial charge in [0.2, 0.25) is 0 Å². The van der Waals surface area contributed by atoms with Crippen molar-refractivity contribution in [2.45, 2.75) is 33.6 Å². The summed E-state index contributed by atoms with van der Waals surface area (Å²) in [4.78, 5) is 27.9. The average molecular weight is 332 g/mol. The van der Waals surface area contributed by atoms with Gasteiger partial charge in [-0.05, 0) is 24.8 Å². The van der Waals surface area contributed by atoms with Crippen LogP contribution in [0, 0.1) is 11.2 Å². The second-order valence-corrected chi connectivity index (χ2v) is 6.81. The van der Waals surface area contributed by atoms with Crippen molar-refractivity contribution >= 4 is 28.8 Å². The summed E-state index contributed by atoms with van der Waals surface area (Å²) in [6, 6.07) is 2.42. The Bertz CT molecular complexity index is 767. The summed E-state index contributed by atoms with van der Waals surface area (Å²) in [6.07, 6.45) is 0.884. The first kappa shape index (κ1) is 17.7. The third kappa shape index (κ3) is 3.45. The van der Waals surface area contributed by atoms with Crippen LogP contribution in [0.15, 0.2) is 28.4 Å². The third-order valence-corrected chi connectivity index (χ3v) is 3.86. The van der Waals surface area contributed by atoms with Gasteiger partial charge in [-0.1, -0.05) is 13.8 Å². The summed E-state index contributed by atoms with van der Waals surface area (Å²) < 4.78 is 14.0. The number of ketones is 1. The molecule has 0 atom stereocenters. The largest absolute Gasteiger partial charge is 0.402 e. The molecular weight excluding hydrogens is 311 g/mol. The van der Waals surface area contributed by atoms with Gasteiger partial charge in [-0.2, -0.15) is 0 Å². The number of nitrogens with zero attached hydrogens (tertiary/aromatic N) is 1. The second-order valence-electron chi connectivity index (χ2n) is 6.81. The van der Waals surface area contributed by atoms with Crippen molar-refractivity contribution in [3.05, 3.63) is 34.8 Å². The highest BCUT2D eigenvalue weighted by atomic mass is 19.1. The summed E-state index contributed by atoms with van der Waals surface area (Å²) in [5.74, 6) is -1.89. The zero-order chi connectivity index (χ0) is 18.2. The minimum atomic E-state index is -0.948. The molecule has 0 radical (unpaired) electrons. The molecule has 6 nitrogen and oxygen atoms in total. The maximum Gasteiger partial charge on any atom is 0.253 e. The van der Waals surface area contributed by atoms with Crippen LogP contribution >= 0.6 is 0 Å². The molecule has 1 fully saturated rings. The Morgan fingerprint density at radius 2 is 1.88 bits per heavy atom. The lowest BCUT2D eigenvalue weighted by Crippen LogP contribution is -2.33. The highest BCUT2D eigenvalue weighted by molar-refractivity contribution is 6.25. The van der Waals surface area contributed by atoms with E-state index in [1.807, 2.05) is 13.8 Å². The number of primary amides is 1. The van der Waals surface area contributed by atoms with Gasteiger partial charge in [0, 0.05) is 23.9 Å². The molecule has 6 N–H and O–H groups in total. The number of nitrogens with two attached hydrogens (primary N) is 3. The zero-order valence-electron chi connectivity index (χ0n) is 13.9. The minimum Gasteiger partial charge on any atom is -0.402 e. The standard InChI is InChI=1S/C17H21FN4O2/c1-8(19)14-12(6-17(2,3)7-13(14)23)22-9-4-10(18)15(16(21)24)11(20)5-9/h4-5H,6-7,19-20H2,1-3H3,(H2,21,24)/b14-8+,22-12?. The van der Waals surface area contributed by atoms with Gasteiger partial charge in [-0.3, -0.25) is 14.6 Å². The number of amides is 1. The van der Waals surface area contributed by atoms with Crippen LogP contribution in [-0.2, 0) is 4.79 Å². The predicted octanol–water partition coefficient (Wildman–Crippen LogP) is 2.20. The predicted molar refractivity (Wildman–Crippen MR) is 91.3 cm³/mol. The molecule has 1 aliphatic rings. The Balaban J connectivity index is 2.58. The van der Waals surface area contributed by atoms with Gasteiger partial charge in [-0.15, -0.1) is 0 Å². The summed E-state index contributed by atoms with van der Waals surface area (Å²) in [5.41, 5.74) is 17.3. The summed E-state index contributed by atoms with van der Waals surface area (Å²) in [5, 5.41) is 0.